The smallest absolute Gasteiger partial charge is 0.337 e. The Morgan fingerprint density at radius 1 is 1.48 bits per heavy atom. The molecular formula is C14H18FN3O3. The Balaban J connectivity index is 1.95. The molecule has 7 heteroatoms. The number of likely N-dealkylation sites (tertiary alicyclic amines) is 1. The van der Waals surface area contributed by atoms with Crippen molar-refractivity contribution in [3.8, 4) is 0 Å². The van der Waals surface area contributed by atoms with Gasteiger partial charge in [-0.1, -0.05) is 6.07 Å². The van der Waals surface area contributed by atoms with Gasteiger partial charge in [0, 0.05) is 13.1 Å². The second-order valence-corrected chi connectivity index (χ2v) is 5.22. The number of rotatable bonds is 4. The van der Waals surface area contributed by atoms with E-state index in [1.807, 2.05) is 7.05 Å². The predicted octanol–water partition coefficient (Wildman–Crippen LogP) is 1.60. The fraction of sp³-hybridized carbons (Fsp3) is 0.429. The van der Waals surface area contributed by atoms with Crippen LogP contribution in [-0.4, -0.2) is 48.7 Å². The van der Waals surface area contributed by atoms with E-state index >= 15 is 0 Å². The number of carbonyl (C=O) groups is 2. The maximum Gasteiger partial charge on any atom is 0.337 e. The van der Waals surface area contributed by atoms with Gasteiger partial charge in [0.1, 0.15) is 5.82 Å². The number of benzene rings is 1. The van der Waals surface area contributed by atoms with E-state index in [0.29, 0.717) is 12.5 Å². The van der Waals surface area contributed by atoms with E-state index in [9.17, 15) is 14.0 Å². The predicted molar refractivity (Wildman–Crippen MR) is 76.0 cm³/mol. The van der Waals surface area contributed by atoms with Gasteiger partial charge in [-0.3, -0.25) is 0 Å². The number of carbonyl (C=O) groups excluding carboxylic acids is 1. The largest absolute Gasteiger partial charge is 0.478 e. The van der Waals surface area contributed by atoms with Crippen LogP contribution in [-0.2, 0) is 0 Å². The molecule has 3 N–H and O–H groups in total. The third kappa shape index (κ3) is 3.91. The summed E-state index contributed by atoms with van der Waals surface area (Å²) < 4.78 is 13.7. The zero-order chi connectivity index (χ0) is 15.4. The van der Waals surface area contributed by atoms with Crippen molar-refractivity contribution in [1.82, 2.24) is 10.2 Å². The summed E-state index contributed by atoms with van der Waals surface area (Å²) in [6, 6.07) is 3.04. The van der Waals surface area contributed by atoms with Crippen LogP contribution in [0.1, 0.15) is 16.8 Å². The second kappa shape index (κ2) is 6.53. The molecule has 1 aromatic carbocycles. The fourth-order valence-corrected chi connectivity index (χ4v) is 2.42. The van der Waals surface area contributed by atoms with Gasteiger partial charge in [0.15, 0.2) is 0 Å². The summed E-state index contributed by atoms with van der Waals surface area (Å²) in [4.78, 5) is 25.0. The van der Waals surface area contributed by atoms with Gasteiger partial charge >= 0.3 is 12.0 Å². The van der Waals surface area contributed by atoms with Gasteiger partial charge in [-0.2, -0.15) is 0 Å². The first-order valence-electron chi connectivity index (χ1n) is 6.72. The van der Waals surface area contributed by atoms with E-state index in [0.717, 1.165) is 25.6 Å². The molecule has 1 aliphatic rings. The topological polar surface area (TPSA) is 81.7 Å². The zero-order valence-electron chi connectivity index (χ0n) is 11.7. The quantitative estimate of drug-likeness (QED) is 0.788. The molecule has 21 heavy (non-hydrogen) atoms. The molecule has 1 aromatic rings. The number of aromatic carboxylic acids is 1. The number of carboxylic acid groups (broad SMARTS) is 1. The Bertz CT molecular complexity index is 550. The standard InChI is InChI=1S/C14H18FN3O3/c1-18-6-5-9(8-18)7-16-14(21)17-12-10(13(19)20)3-2-4-11(12)15/h2-4,9H,5-8H2,1H3,(H,19,20)(H2,16,17,21). The minimum Gasteiger partial charge on any atom is -0.478 e. The molecule has 0 aromatic heterocycles. The van der Waals surface area contributed by atoms with Gasteiger partial charge < -0.3 is 20.6 Å². The zero-order valence-corrected chi connectivity index (χ0v) is 11.7. The number of carboxylic acids is 1. The number of nitrogens with one attached hydrogen (secondary N) is 2. The molecule has 2 amide bonds. The van der Waals surface area contributed by atoms with E-state index < -0.39 is 17.8 Å². The maximum atomic E-state index is 13.7. The molecule has 1 fully saturated rings. The highest BCUT2D eigenvalue weighted by Gasteiger charge is 2.21. The molecule has 0 aliphatic carbocycles. The fourth-order valence-electron chi connectivity index (χ4n) is 2.42. The van der Waals surface area contributed by atoms with E-state index in [1.165, 1.54) is 12.1 Å². The molecule has 0 saturated carbocycles. The van der Waals surface area contributed by atoms with Gasteiger partial charge in [0.2, 0.25) is 0 Å². The van der Waals surface area contributed by atoms with Crippen LogP contribution >= 0.6 is 0 Å². The number of hydrogen-bond donors (Lipinski definition) is 3. The van der Waals surface area contributed by atoms with Crippen LogP contribution in [0.5, 0.6) is 0 Å². The number of anilines is 1. The highest BCUT2D eigenvalue weighted by molar-refractivity contribution is 6.00. The van der Waals surface area contributed by atoms with E-state index in [-0.39, 0.29) is 11.3 Å². The molecule has 1 atom stereocenters. The summed E-state index contributed by atoms with van der Waals surface area (Å²) >= 11 is 0. The number of urea groups is 1. The van der Waals surface area contributed by atoms with Gasteiger partial charge in [-0.15, -0.1) is 0 Å². The Morgan fingerprint density at radius 3 is 2.86 bits per heavy atom. The van der Waals surface area contributed by atoms with Crippen LogP contribution in [0.3, 0.4) is 0 Å². The molecule has 0 spiro atoms. The van der Waals surface area contributed by atoms with Gasteiger partial charge in [0.25, 0.3) is 0 Å². The van der Waals surface area contributed by atoms with E-state index in [1.54, 1.807) is 0 Å². The molecule has 1 heterocycles. The van der Waals surface area contributed by atoms with Crippen LogP contribution < -0.4 is 10.6 Å². The summed E-state index contributed by atoms with van der Waals surface area (Å²) in [5.41, 5.74) is -0.586. The Morgan fingerprint density at radius 2 is 2.24 bits per heavy atom. The van der Waals surface area contributed by atoms with Crippen LogP contribution in [0.2, 0.25) is 0 Å². The molecule has 2 rings (SSSR count). The summed E-state index contributed by atoms with van der Waals surface area (Å²) in [5, 5.41) is 13.9. The van der Waals surface area contributed by atoms with Crippen LogP contribution in [0.15, 0.2) is 18.2 Å². The lowest BCUT2D eigenvalue weighted by molar-refractivity contribution is 0.0697. The summed E-state index contributed by atoms with van der Waals surface area (Å²) in [6.07, 6.45) is 0.997. The maximum absolute atomic E-state index is 13.7. The average Bonchev–Trinajstić information content (AvgIpc) is 2.84. The van der Waals surface area contributed by atoms with Crippen molar-refractivity contribution in [3.05, 3.63) is 29.6 Å². The molecule has 1 aliphatic heterocycles. The molecule has 0 bridgehead atoms. The first kappa shape index (κ1) is 15.2. The number of halogens is 1. The van der Waals surface area contributed by atoms with Crippen molar-refractivity contribution < 1.29 is 19.1 Å². The lowest BCUT2D eigenvalue weighted by Gasteiger charge is -2.13. The van der Waals surface area contributed by atoms with Crippen molar-refractivity contribution in [1.29, 1.82) is 0 Å². The van der Waals surface area contributed by atoms with E-state index in [4.69, 9.17) is 5.11 Å². The molecule has 6 nitrogen and oxygen atoms in total. The summed E-state index contributed by atoms with van der Waals surface area (Å²) in [7, 11) is 2.01. The first-order valence-corrected chi connectivity index (χ1v) is 6.72. The molecule has 114 valence electrons. The number of para-hydroxylation sites is 1. The highest BCUT2D eigenvalue weighted by Crippen LogP contribution is 2.20. The Labute approximate surface area is 121 Å². The van der Waals surface area contributed by atoms with Crippen molar-refractivity contribution in [2.45, 2.75) is 6.42 Å². The van der Waals surface area contributed by atoms with Crippen molar-refractivity contribution in [3.63, 3.8) is 0 Å². The lowest BCUT2D eigenvalue weighted by Crippen LogP contribution is -2.34. The van der Waals surface area contributed by atoms with Gasteiger partial charge in [-0.25, -0.2) is 14.0 Å². The number of nitrogens with zero attached hydrogens (tertiary/aromatic N) is 1. The van der Waals surface area contributed by atoms with Crippen molar-refractivity contribution in [2.24, 2.45) is 5.92 Å². The Hall–Kier alpha value is -2.15. The van der Waals surface area contributed by atoms with Crippen molar-refractivity contribution >= 4 is 17.7 Å². The van der Waals surface area contributed by atoms with Gasteiger partial charge in [-0.05, 0) is 38.1 Å². The first-order chi connectivity index (χ1) is 9.97. The minimum absolute atomic E-state index is 0.272. The third-order valence-electron chi connectivity index (χ3n) is 3.52. The highest BCUT2D eigenvalue weighted by atomic mass is 19.1. The Kier molecular flexibility index (Phi) is 4.74. The minimum atomic E-state index is -1.29. The SMILES string of the molecule is CN1CCC(CNC(=O)Nc2c(F)cccc2C(=O)O)C1. The molecular weight excluding hydrogens is 277 g/mol. The normalized spacial score (nSPS) is 18.5. The van der Waals surface area contributed by atoms with Crippen LogP contribution in [0, 0.1) is 11.7 Å². The molecule has 1 unspecified atom stereocenters. The molecule has 1 saturated heterocycles. The summed E-state index contributed by atoms with van der Waals surface area (Å²) in [5.74, 6) is -1.70. The third-order valence-corrected chi connectivity index (χ3v) is 3.52. The summed E-state index contributed by atoms with van der Waals surface area (Å²) in [6.45, 7) is 2.37. The average molecular weight is 295 g/mol. The van der Waals surface area contributed by atoms with Crippen LogP contribution in [0.25, 0.3) is 0 Å². The number of hydrogen-bond acceptors (Lipinski definition) is 3. The monoisotopic (exact) mass is 295 g/mol. The number of amides is 2. The molecule has 0 radical (unpaired) electrons. The lowest BCUT2D eigenvalue weighted by atomic mass is 10.1. The van der Waals surface area contributed by atoms with Crippen molar-refractivity contribution in [2.75, 3.05) is 32.0 Å². The second-order valence-electron chi connectivity index (χ2n) is 5.22. The van der Waals surface area contributed by atoms with Crippen LogP contribution in [0.4, 0.5) is 14.9 Å². The van der Waals surface area contributed by atoms with E-state index in [2.05, 4.69) is 15.5 Å². The van der Waals surface area contributed by atoms with Gasteiger partial charge in [0.05, 0.1) is 11.3 Å².